The van der Waals surface area contributed by atoms with Crippen molar-refractivity contribution in [3.63, 3.8) is 0 Å². The molecular weight excluding hydrogens is 212 g/mol. The molecule has 1 atom stereocenters. The summed E-state index contributed by atoms with van der Waals surface area (Å²) in [6, 6.07) is 0.780. The molecule has 0 saturated carbocycles. The monoisotopic (exact) mass is 242 g/mol. The molecule has 0 aromatic carbocycles. The molecule has 1 saturated heterocycles. The fraction of sp³-hybridized carbons (Fsp3) is 1.00. The lowest BCUT2D eigenvalue weighted by atomic mass is 9.95. The quantitative estimate of drug-likeness (QED) is 0.660. The molecule has 102 valence electrons. The van der Waals surface area contributed by atoms with Gasteiger partial charge in [0.1, 0.15) is 0 Å². The third-order valence-electron chi connectivity index (χ3n) is 3.89. The Morgan fingerprint density at radius 2 is 2.06 bits per heavy atom. The van der Waals surface area contributed by atoms with E-state index in [4.69, 9.17) is 4.74 Å². The molecule has 1 aliphatic rings. The predicted octanol–water partition coefficient (Wildman–Crippen LogP) is 2.12. The van der Waals surface area contributed by atoms with E-state index in [2.05, 4.69) is 24.1 Å². The first kappa shape index (κ1) is 14.9. The van der Waals surface area contributed by atoms with Crippen molar-refractivity contribution in [2.75, 3.05) is 39.9 Å². The van der Waals surface area contributed by atoms with Gasteiger partial charge in [0, 0.05) is 19.7 Å². The van der Waals surface area contributed by atoms with Gasteiger partial charge >= 0.3 is 0 Å². The van der Waals surface area contributed by atoms with E-state index in [1.54, 1.807) is 7.11 Å². The molecule has 1 aliphatic heterocycles. The maximum atomic E-state index is 5.04. The second-order valence-electron chi connectivity index (χ2n) is 5.31. The lowest BCUT2D eigenvalue weighted by molar-refractivity contribution is 0.132. The van der Waals surface area contributed by atoms with E-state index in [1.807, 2.05) is 0 Å². The highest BCUT2D eigenvalue weighted by atomic mass is 16.5. The van der Waals surface area contributed by atoms with Crippen LogP contribution in [0.3, 0.4) is 0 Å². The van der Waals surface area contributed by atoms with Gasteiger partial charge in [0.15, 0.2) is 0 Å². The smallest absolute Gasteiger partial charge is 0.0587 e. The summed E-state index contributed by atoms with van der Waals surface area (Å²) < 4.78 is 5.04. The summed E-state index contributed by atoms with van der Waals surface area (Å²) in [6.45, 7) is 10.2. The van der Waals surface area contributed by atoms with Crippen LogP contribution in [0.15, 0.2) is 0 Å². The molecule has 0 aromatic rings. The van der Waals surface area contributed by atoms with Gasteiger partial charge in [0.2, 0.25) is 0 Å². The van der Waals surface area contributed by atoms with E-state index in [1.165, 1.54) is 45.3 Å². The van der Waals surface area contributed by atoms with Crippen LogP contribution in [0, 0.1) is 5.92 Å². The number of piperidine rings is 1. The third kappa shape index (κ3) is 5.84. The summed E-state index contributed by atoms with van der Waals surface area (Å²) in [6.07, 6.45) is 5.36. The highest BCUT2D eigenvalue weighted by molar-refractivity contribution is 4.77. The number of methoxy groups -OCH3 is 1. The van der Waals surface area contributed by atoms with Crippen molar-refractivity contribution in [3.8, 4) is 0 Å². The van der Waals surface area contributed by atoms with Crippen molar-refractivity contribution in [1.82, 2.24) is 10.2 Å². The van der Waals surface area contributed by atoms with Gasteiger partial charge in [-0.25, -0.2) is 0 Å². The lowest BCUT2D eigenvalue weighted by Gasteiger charge is -2.36. The van der Waals surface area contributed by atoms with Gasteiger partial charge in [-0.05, 0) is 51.7 Å². The van der Waals surface area contributed by atoms with Crippen LogP contribution in [0.25, 0.3) is 0 Å². The standard InChI is InChI=1S/C14H30N2O/c1-4-5-13(2)16-9-6-14(7-10-16)12-15-8-11-17-3/h13-15H,4-12H2,1-3H3. The van der Waals surface area contributed by atoms with Gasteiger partial charge in [-0.2, -0.15) is 0 Å². The van der Waals surface area contributed by atoms with Gasteiger partial charge in [-0.3, -0.25) is 0 Å². The first-order valence-electron chi connectivity index (χ1n) is 7.21. The Bertz CT molecular complexity index is 179. The number of likely N-dealkylation sites (tertiary alicyclic amines) is 1. The maximum absolute atomic E-state index is 5.04. The van der Waals surface area contributed by atoms with E-state index in [0.29, 0.717) is 0 Å². The van der Waals surface area contributed by atoms with Crippen LogP contribution < -0.4 is 5.32 Å². The highest BCUT2D eigenvalue weighted by Gasteiger charge is 2.21. The summed E-state index contributed by atoms with van der Waals surface area (Å²) in [5.41, 5.74) is 0. The zero-order valence-electron chi connectivity index (χ0n) is 11.9. The van der Waals surface area contributed by atoms with Gasteiger partial charge in [-0.1, -0.05) is 13.3 Å². The molecule has 1 unspecified atom stereocenters. The van der Waals surface area contributed by atoms with E-state index in [-0.39, 0.29) is 0 Å². The average molecular weight is 242 g/mol. The highest BCUT2D eigenvalue weighted by Crippen LogP contribution is 2.19. The van der Waals surface area contributed by atoms with Crippen LogP contribution in [-0.2, 0) is 4.74 Å². The van der Waals surface area contributed by atoms with Crippen LogP contribution in [-0.4, -0.2) is 50.8 Å². The van der Waals surface area contributed by atoms with E-state index >= 15 is 0 Å². The zero-order chi connectivity index (χ0) is 12.5. The average Bonchev–Trinajstić information content (AvgIpc) is 2.36. The van der Waals surface area contributed by atoms with Gasteiger partial charge in [0.25, 0.3) is 0 Å². The Kier molecular flexibility index (Phi) is 7.82. The fourth-order valence-corrected chi connectivity index (χ4v) is 2.68. The molecule has 0 amide bonds. The van der Waals surface area contributed by atoms with Gasteiger partial charge in [-0.15, -0.1) is 0 Å². The minimum atomic E-state index is 0.780. The molecule has 1 rings (SSSR count). The van der Waals surface area contributed by atoms with Crippen molar-refractivity contribution >= 4 is 0 Å². The SMILES string of the molecule is CCCC(C)N1CCC(CNCCOC)CC1. The first-order valence-corrected chi connectivity index (χ1v) is 7.21. The molecule has 0 spiro atoms. The lowest BCUT2D eigenvalue weighted by Crippen LogP contribution is -2.42. The predicted molar refractivity (Wildman–Crippen MR) is 73.4 cm³/mol. The third-order valence-corrected chi connectivity index (χ3v) is 3.89. The van der Waals surface area contributed by atoms with E-state index in [9.17, 15) is 0 Å². The molecular formula is C14H30N2O. The maximum Gasteiger partial charge on any atom is 0.0587 e. The number of hydrogen-bond donors (Lipinski definition) is 1. The zero-order valence-corrected chi connectivity index (χ0v) is 11.9. The Hall–Kier alpha value is -0.120. The minimum absolute atomic E-state index is 0.780. The molecule has 3 heteroatoms. The van der Waals surface area contributed by atoms with Crippen LogP contribution in [0.1, 0.15) is 39.5 Å². The van der Waals surface area contributed by atoms with E-state index < -0.39 is 0 Å². The second-order valence-corrected chi connectivity index (χ2v) is 5.31. The van der Waals surface area contributed by atoms with Crippen LogP contribution in [0.2, 0.25) is 0 Å². The van der Waals surface area contributed by atoms with Crippen LogP contribution >= 0.6 is 0 Å². The summed E-state index contributed by atoms with van der Waals surface area (Å²) in [4.78, 5) is 2.66. The number of nitrogens with zero attached hydrogens (tertiary/aromatic N) is 1. The summed E-state index contributed by atoms with van der Waals surface area (Å²) in [5, 5.41) is 3.48. The van der Waals surface area contributed by atoms with Crippen LogP contribution in [0.4, 0.5) is 0 Å². The summed E-state index contributed by atoms with van der Waals surface area (Å²) in [5.74, 6) is 0.872. The molecule has 17 heavy (non-hydrogen) atoms. The van der Waals surface area contributed by atoms with Crippen molar-refractivity contribution in [2.45, 2.75) is 45.6 Å². The normalized spacial score (nSPS) is 20.6. The summed E-state index contributed by atoms with van der Waals surface area (Å²) >= 11 is 0. The molecule has 1 N–H and O–H groups in total. The molecule has 0 aliphatic carbocycles. The second kappa shape index (κ2) is 8.90. The Balaban J connectivity index is 2.08. The molecule has 0 aromatic heterocycles. The Morgan fingerprint density at radius 3 is 2.65 bits per heavy atom. The molecule has 0 bridgehead atoms. The topological polar surface area (TPSA) is 24.5 Å². The van der Waals surface area contributed by atoms with Crippen molar-refractivity contribution < 1.29 is 4.74 Å². The number of rotatable bonds is 8. The summed E-state index contributed by atoms with van der Waals surface area (Å²) in [7, 11) is 1.76. The van der Waals surface area contributed by atoms with Gasteiger partial charge < -0.3 is 15.0 Å². The number of nitrogens with one attached hydrogen (secondary N) is 1. The van der Waals surface area contributed by atoms with Crippen molar-refractivity contribution in [2.24, 2.45) is 5.92 Å². The van der Waals surface area contributed by atoms with Gasteiger partial charge in [0.05, 0.1) is 6.61 Å². The Labute approximate surface area is 107 Å². The molecule has 3 nitrogen and oxygen atoms in total. The van der Waals surface area contributed by atoms with Crippen molar-refractivity contribution in [1.29, 1.82) is 0 Å². The van der Waals surface area contributed by atoms with Crippen molar-refractivity contribution in [3.05, 3.63) is 0 Å². The minimum Gasteiger partial charge on any atom is -0.383 e. The number of ether oxygens (including phenoxy) is 1. The Morgan fingerprint density at radius 1 is 1.35 bits per heavy atom. The molecule has 0 radical (unpaired) electrons. The largest absolute Gasteiger partial charge is 0.383 e. The van der Waals surface area contributed by atoms with E-state index in [0.717, 1.165) is 25.1 Å². The molecule has 1 fully saturated rings. The van der Waals surface area contributed by atoms with Crippen LogP contribution in [0.5, 0.6) is 0 Å². The first-order chi connectivity index (χ1) is 8.27. The number of hydrogen-bond acceptors (Lipinski definition) is 3. The molecule has 1 heterocycles. The fourth-order valence-electron chi connectivity index (χ4n) is 2.68.